The molecule has 0 aliphatic carbocycles. The van der Waals surface area contributed by atoms with E-state index in [0.717, 1.165) is 17.5 Å². The van der Waals surface area contributed by atoms with E-state index in [1.807, 2.05) is 27.7 Å². The fourth-order valence-corrected chi connectivity index (χ4v) is 4.44. The number of phenols is 1. The van der Waals surface area contributed by atoms with Crippen LogP contribution in [0.3, 0.4) is 0 Å². The number of benzene rings is 2. The molecule has 0 aromatic heterocycles. The molecule has 2 rings (SSSR count). The number of nitrogens with one attached hydrogen (secondary N) is 1. The minimum absolute atomic E-state index is 0.0723. The molecule has 1 amide bonds. The van der Waals surface area contributed by atoms with Gasteiger partial charge in [0.25, 0.3) is 0 Å². The monoisotopic (exact) mass is 393 g/mol. The first-order valence-electron chi connectivity index (χ1n) is 8.59. The quantitative estimate of drug-likeness (QED) is 0.692. The number of halogens is 1. The highest BCUT2D eigenvalue weighted by atomic mass is 35.5. The predicted octanol–water partition coefficient (Wildman–Crippen LogP) is 5.38. The lowest BCUT2D eigenvalue weighted by Crippen LogP contribution is -2.11. The Bertz CT molecular complexity index is 826. The molecular weight excluding hydrogens is 370 g/mol. The molecule has 1 atom stereocenters. The van der Waals surface area contributed by atoms with Crippen molar-refractivity contribution in [3.63, 3.8) is 0 Å². The second-order valence-corrected chi connectivity index (χ2v) is 8.37. The van der Waals surface area contributed by atoms with Crippen molar-refractivity contribution in [2.75, 3.05) is 5.32 Å². The van der Waals surface area contributed by atoms with Gasteiger partial charge in [-0.05, 0) is 60.7 Å². The molecule has 0 radical (unpaired) electrons. The number of carbonyl (C=O) groups is 1. The summed E-state index contributed by atoms with van der Waals surface area (Å²) in [4.78, 5) is 12.9. The third-order valence-corrected chi connectivity index (χ3v) is 6.02. The lowest BCUT2D eigenvalue weighted by atomic mass is 10.0. The molecular formula is C20H24ClNO3S. The molecule has 140 valence electrons. The Balaban J connectivity index is 2.38. The van der Waals surface area contributed by atoms with E-state index in [2.05, 4.69) is 5.32 Å². The topological polar surface area (TPSA) is 66.4 Å². The van der Waals surface area contributed by atoms with Crippen molar-refractivity contribution in [2.45, 2.75) is 56.2 Å². The van der Waals surface area contributed by atoms with Crippen molar-refractivity contribution in [1.29, 1.82) is 0 Å². The van der Waals surface area contributed by atoms with E-state index in [1.54, 1.807) is 30.3 Å². The Morgan fingerprint density at radius 1 is 1.27 bits per heavy atom. The Hall–Kier alpha value is -1.85. The normalized spacial score (nSPS) is 12.2. The molecule has 0 bridgehead atoms. The maximum atomic E-state index is 13.1. The molecule has 0 saturated carbocycles. The van der Waals surface area contributed by atoms with Crippen LogP contribution in [0.5, 0.6) is 5.75 Å². The third-order valence-electron chi connectivity index (χ3n) is 4.01. The van der Waals surface area contributed by atoms with Crippen LogP contribution in [-0.4, -0.2) is 15.2 Å². The van der Waals surface area contributed by atoms with Crippen LogP contribution >= 0.6 is 11.6 Å². The van der Waals surface area contributed by atoms with Crippen molar-refractivity contribution >= 4 is 34.0 Å². The van der Waals surface area contributed by atoms with Gasteiger partial charge in [-0.25, -0.2) is 4.21 Å². The largest absolute Gasteiger partial charge is 0.508 e. The maximum absolute atomic E-state index is 13.1. The first-order valence-corrected chi connectivity index (χ1v) is 10.1. The summed E-state index contributed by atoms with van der Waals surface area (Å²) in [6.07, 6.45) is 1.20. The highest BCUT2D eigenvalue weighted by Gasteiger charge is 2.18. The Morgan fingerprint density at radius 2 is 1.96 bits per heavy atom. The highest BCUT2D eigenvalue weighted by Crippen LogP contribution is 2.33. The van der Waals surface area contributed by atoms with Gasteiger partial charge >= 0.3 is 0 Å². The van der Waals surface area contributed by atoms with E-state index in [9.17, 15) is 14.1 Å². The summed E-state index contributed by atoms with van der Waals surface area (Å²) in [7, 11) is -1.49. The van der Waals surface area contributed by atoms with E-state index in [1.165, 1.54) is 0 Å². The van der Waals surface area contributed by atoms with Crippen LogP contribution in [0.1, 0.15) is 50.7 Å². The van der Waals surface area contributed by atoms with Gasteiger partial charge in [0.2, 0.25) is 5.91 Å². The van der Waals surface area contributed by atoms with Gasteiger partial charge in [-0.15, -0.1) is 0 Å². The lowest BCUT2D eigenvalue weighted by molar-refractivity contribution is -0.116. The molecule has 0 fully saturated rings. The minimum atomic E-state index is -1.49. The number of hydrogen-bond donors (Lipinski definition) is 2. The first-order chi connectivity index (χ1) is 12.2. The fourth-order valence-electron chi connectivity index (χ4n) is 2.72. The van der Waals surface area contributed by atoms with Crippen LogP contribution in [0.2, 0.25) is 5.02 Å². The van der Waals surface area contributed by atoms with Crippen LogP contribution in [0.15, 0.2) is 40.1 Å². The van der Waals surface area contributed by atoms with Crippen molar-refractivity contribution < 1.29 is 14.1 Å². The summed E-state index contributed by atoms with van der Waals surface area (Å²) in [5.74, 6) is 0.231. The third kappa shape index (κ3) is 4.65. The summed E-state index contributed by atoms with van der Waals surface area (Å²) < 4.78 is 13.1. The van der Waals surface area contributed by atoms with E-state index in [-0.39, 0.29) is 17.6 Å². The van der Waals surface area contributed by atoms with Crippen molar-refractivity contribution in [2.24, 2.45) is 0 Å². The predicted molar refractivity (Wildman–Crippen MR) is 107 cm³/mol. The lowest BCUT2D eigenvalue weighted by Gasteiger charge is -2.14. The zero-order chi connectivity index (χ0) is 19.4. The Kier molecular flexibility index (Phi) is 6.84. The molecule has 0 heterocycles. The molecule has 2 aromatic carbocycles. The van der Waals surface area contributed by atoms with E-state index in [4.69, 9.17) is 11.6 Å². The molecule has 0 saturated heterocycles. The molecule has 26 heavy (non-hydrogen) atoms. The van der Waals surface area contributed by atoms with Crippen LogP contribution in [-0.2, 0) is 15.6 Å². The van der Waals surface area contributed by atoms with Crippen LogP contribution in [0.4, 0.5) is 5.69 Å². The molecule has 4 nitrogen and oxygen atoms in total. The number of anilines is 1. The fraction of sp³-hybridized carbons (Fsp3) is 0.350. The van der Waals surface area contributed by atoms with Gasteiger partial charge < -0.3 is 10.4 Å². The standard InChI is InChI=1S/C20H24ClNO3S/c1-5-6-19(24)22-14-9-13(4)20(17(21)10-14)26(25)15-7-8-18(23)16(11-15)12(2)3/h7-12,23H,5-6H2,1-4H3,(H,22,24). The van der Waals surface area contributed by atoms with Gasteiger partial charge in [-0.1, -0.05) is 32.4 Å². The number of phenolic OH excluding ortho intramolecular Hbond substituents is 1. The van der Waals surface area contributed by atoms with Crippen LogP contribution in [0, 0.1) is 6.92 Å². The van der Waals surface area contributed by atoms with Crippen molar-refractivity contribution in [1.82, 2.24) is 0 Å². The average molecular weight is 394 g/mol. The van der Waals surface area contributed by atoms with Gasteiger partial charge in [0.05, 0.1) is 20.7 Å². The van der Waals surface area contributed by atoms with E-state index in [0.29, 0.717) is 26.9 Å². The van der Waals surface area contributed by atoms with Gasteiger partial charge in [0.1, 0.15) is 5.75 Å². The zero-order valence-electron chi connectivity index (χ0n) is 15.4. The molecule has 6 heteroatoms. The maximum Gasteiger partial charge on any atom is 0.224 e. The summed E-state index contributed by atoms with van der Waals surface area (Å²) in [6, 6.07) is 8.35. The second kappa shape index (κ2) is 8.69. The number of hydrogen-bond acceptors (Lipinski definition) is 3. The van der Waals surface area contributed by atoms with E-state index < -0.39 is 10.8 Å². The summed E-state index contributed by atoms with van der Waals surface area (Å²) in [6.45, 7) is 7.69. The molecule has 2 N–H and O–H groups in total. The summed E-state index contributed by atoms with van der Waals surface area (Å²) >= 11 is 6.38. The smallest absolute Gasteiger partial charge is 0.224 e. The average Bonchev–Trinajstić information content (AvgIpc) is 2.54. The zero-order valence-corrected chi connectivity index (χ0v) is 17.0. The first kappa shape index (κ1) is 20.5. The van der Waals surface area contributed by atoms with E-state index >= 15 is 0 Å². The van der Waals surface area contributed by atoms with Gasteiger partial charge in [-0.2, -0.15) is 0 Å². The van der Waals surface area contributed by atoms with Gasteiger partial charge in [0, 0.05) is 17.0 Å². The molecule has 1 unspecified atom stereocenters. The van der Waals surface area contributed by atoms with Crippen LogP contribution in [0.25, 0.3) is 0 Å². The molecule has 2 aromatic rings. The summed E-state index contributed by atoms with van der Waals surface area (Å²) in [5, 5.41) is 13.1. The molecule has 0 aliphatic heterocycles. The highest BCUT2D eigenvalue weighted by molar-refractivity contribution is 7.85. The number of aromatic hydroxyl groups is 1. The summed E-state index contributed by atoms with van der Waals surface area (Å²) in [5.41, 5.74) is 2.08. The van der Waals surface area contributed by atoms with Crippen molar-refractivity contribution in [3.05, 3.63) is 46.5 Å². The SMILES string of the molecule is CCCC(=O)Nc1cc(C)c(S(=O)c2ccc(O)c(C(C)C)c2)c(Cl)c1. The van der Waals surface area contributed by atoms with Crippen LogP contribution < -0.4 is 5.32 Å². The molecule has 0 aliphatic rings. The van der Waals surface area contributed by atoms with Crippen molar-refractivity contribution in [3.8, 4) is 5.75 Å². The van der Waals surface area contributed by atoms with Gasteiger partial charge in [0.15, 0.2) is 0 Å². The number of aryl methyl sites for hydroxylation is 1. The Morgan fingerprint density at radius 3 is 2.54 bits per heavy atom. The number of carbonyl (C=O) groups excluding carboxylic acids is 1. The molecule has 0 spiro atoms. The Labute approximate surface area is 162 Å². The second-order valence-electron chi connectivity index (χ2n) is 6.55. The minimum Gasteiger partial charge on any atom is -0.508 e. The number of amides is 1. The van der Waals surface area contributed by atoms with Gasteiger partial charge in [-0.3, -0.25) is 4.79 Å². The number of rotatable bonds is 6.